The lowest BCUT2D eigenvalue weighted by Gasteiger charge is -2.33. The van der Waals surface area contributed by atoms with E-state index in [1.54, 1.807) is 0 Å². The Morgan fingerprint density at radius 2 is 2.07 bits per heavy atom. The standard InChI is InChI=1S/C12H18N2/c13-8-11-2-1-5-14(11)12-7-9-3-4-10(12)6-9/h9-12H,1-7H2. The van der Waals surface area contributed by atoms with Gasteiger partial charge in [-0.25, -0.2) is 0 Å². The average Bonchev–Trinajstić information content (AvgIpc) is 2.92. The number of nitriles is 1. The second-order valence-electron chi connectivity index (χ2n) is 5.27. The van der Waals surface area contributed by atoms with E-state index in [4.69, 9.17) is 5.26 Å². The fourth-order valence-electron chi connectivity index (χ4n) is 3.94. The third kappa shape index (κ3) is 1.19. The molecule has 0 aromatic heterocycles. The maximum absolute atomic E-state index is 9.08. The largest absolute Gasteiger partial charge is 0.285 e. The van der Waals surface area contributed by atoms with E-state index in [1.165, 1.54) is 38.6 Å². The molecule has 2 aliphatic carbocycles. The van der Waals surface area contributed by atoms with Crippen LogP contribution < -0.4 is 0 Å². The van der Waals surface area contributed by atoms with Crippen LogP contribution in [0.2, 0.25) is 0 Å². The first-order chi connectivity index (χ1) is 6.88. The fraction of sp³-hybridized carbons (Fsp3) is 0.917. The third-order valence-electron chi connectivity index (χ3n) is 4.57. The van der Waals surface area contributed by atoms with Crippen molar-refractivity contribution in [3.63, 3.8) is 0 Å². The molecule has 2 bridgehead atoms. The second kappa shape index (κ2) is 3.24. The quantitative estimate of drug-likeness (QED) is 0.633. The Morgan fingerprint density at radius 3 is 2.71 bits per heavy atom. The Morgan fingerprint density at radius 1 is 1.14 bits per heavy atom. The number of nitrogens with zero attached hydrogens (tertiary/aromatic N) is 2. The Hall–Kier alpha value is -0.550. The van der Waals surface area contributed by atoms with Crippen molar-refractivity contribution in [3.8, 4) is 6.07 Å². The van der Waals surface area contributed by atoms with Gasteiger partial charge in [-0.15, -0.1) is 0 Å². The van der Waals surface area contributed by atoms with Crippen molar-refractivity contribution in [2.75, 3.05) is 6.54 Å². The van der Waals surface area contributed by atoms with Crippen LogP contribution in [0.3, 0.4) is 0 Å². The summed E-state index contributed by atoms with van der Waals surface area (Å²) in [5.74, 6) is 1.94. The molecule has 14 heavy (non-hydrogen) atoms. The summed E-state index contributed by atoms with van der Waals surface area (Å²) in [6.07, 6.45) is 8.11. The van der Waals surface area contributed by atoms with Gasteiger partial charge in [0.2, 0.25) is 0 Å². The van der Waals surface area contributed by atoms with E-state index in [2.05, 4.69) is 11.0 Å². The molecule has 4 unspecified atom stereocenters. The Bertz CT molecular complexity index is 268. The zero-order valence-corrected chi connectivity index (χ0v) is 8.65. The van der Waals surface area contributed by atoms with E-state index in [-0.39, 0.29) is 6.04 Å². The van der Waals surface area contributed by atoms with Crippen molar-refractivity contribution in [1.82, 2.24) is 4.90 Å². The average molecular weight is 190 g/mol. The lowest BCUT2D eigenvalue weighted by molar-refractivity contribution is 0.151. The van der Waals surface area contributed by atoms with Gasteiger partial charge in [0.05, 0.1) is 12.1 Å². The highest BCUT2D eigenvalue weighted by atomic mass is 15.2. The van der Waals surface area contributed by atoms with E-state index in [9.17, 15) is 0 Å². The van der Waals surface area contributed by atoms with E-state index in [0.29, 0.717) is 0 Å². The second-order valence-corrected chi connectivity index (χ2v) is 5.27. The molecule has 0 spiro atoms. The fourth-order valence-corrected chi connectivity index (χ4v) is 3.94. The van der Waals surface area contributed by atoms with Gasteiger partial charge in [-0.2, -0.15) is 5.26 Å². The first-order valence-electron chi connectivity index (χ1n) is 6.04. The Kier molecular flexibility index (Phi) is 2.02. The SMILES string of the molecule is N#CC1CCCN1C1CC2CCC1C2. The molecule has 1 heterocycles. The number of likely N-dealkylation sites (tertiary alicyclic amines) is 1. The van der Waals surface area contributed by atoms with Crippen molar-refractivity contribution in [2.24, 2.45) is 11.8 Å². The first kappa shape index (κ1) is 8.73. The smallest absolute Gasteiger partial charge is 0.0980 e. The van der Waals surface area contributed by atoms with Crippen LogP contribution >= 0.6 is 0 Å². The molecule has 2 nitrogen and oxygen atoms in total. The molecule has 1 saturated heterocycles. The lowest BCUT2D eigenvalue weighted by atomic mass is 9.93. The van der Waals surface area contributed by atoms with Crippen molar-refractivity contribution < 1.29 is 0 Å². The van der Waals surface area contributed by atoms with Gasteiger partial charge in [0.25, 0.3) is 0 Å². The van der Waals surface area contributed by atoms with Crippen LogP contribution in [0.4, 0.5) is 0 Å². The maximum atomic E-state index is 9.08. The number of fused-ring (bicyclic) bond motifs is 2. The molecule has 0 radical (unpaired) electrons. The molecule has 3 rings (SSSR count). The van der Waals surface area contributed by atoms with Gasteiger partial charge in [-0.1, -0.05) is 6.42 Å². The summed E-state index contributed by atoms with van der Waals surface area (Å²) >= 11 is 0. The Balaban J connectivity index is 1.74. The van der Waals surface area contributed by atoms with Gasteiger partial charge in [0, 0.05) is 6.04 Å². The molecule has 0 N–H and O–H groups in total. The van der Waals surface area contributed by atoms with E-state index in [1.807, 2.05) is 0 Å². The summed E-state index contributed by atoms with van der Waals surface area (Å²) in [7, 11) is 0. The molecule has 3 fully saturated rings. The van der Waals surface area contributed by atoms with E-state index < -0.39 is 0 Å². The topological polar surface area (TPSA) is 27.0 Å². The highest BCUT2D eigenvalue weighted by Crippen LogP contribution is 2.47. The molecular formula is C12H18N2. The van der Waals surface area contributed by atoms with Crippen LogP contribution in [0.15, 0.2) is 0 Å². The summed E-state index contributed by atoms with van der Waals surface area (Å²) in [6.45, 7) is 1.19. The number of hydrogen-bond acceptors (Lipinski definition) is 2. The van der Waals surface area contributed by atoms with E-state index in [0.717, 1.165) is 24.3 Å². The minimum absolute atomic E-state index is 0.249. The number of hydrogen-bond donors (Lipinski definition) is 0. The predicted octanol–water partition coefficient (Wildman–Crippen LogP) is 2.16. The summed E-state index contributed by atoms with van der Waals surface area (Å²) in [5, 5.41) is 9.08. The van der Waals surface area contributed by atoms with Crippen LogP contribution in [0.1, 0.15) is 38.5 Å². The van der Waals surface area contributed by atoms with Gasteiger partial charge < -0.3 is 0 Å². The lowest BCUT2D eigenvalue weighted by Crippen LogP contribution is -2.41. The van der Waals surface area contributed by atoms with Crippen LogP contribution in [0, 0.1) is 23.2 Å². The molecule has 2 saturated carbocycles. The van der Waals surface area contributed by atoms with Crippen LogP contribution in [0.5, 0.6) is 0 Å². The summed E-state index contributed by atoms with van der Waals surface area (Å²) in [5.41, 5.74) is 0. The summed E-state index contributed by atoms with van der Waals surface area (Å²) in [6, 6.07) is 3.50. The molecule has 4 atom stereocenters. The minimum Gasteiger partial charge on any atom is -0.285 e. The highest BCUT2D eigenvalue weighted by Gasteiger charge is 2.44. The highest BCUT2D eigenvalue weighted by molar-refractivity contribution is 5.03. The summed E-state index contributed by atoms with van der Waals surface area (Å²) < 4.78 is 0. The van der Waals surface area contributed by atoms with Crippen molar-refractivity contribution in [3.05, 3.63) is 0 Å². The molecule has 2 heteroatoms. The van der Waals surface area contributed by atoms with E-state index >= 15 is 0 Å². The van der Waals surface area contributed by atoms with Crippen LogP contribution in [-0.2, 0) is 0 Å². The first-order valence-corrected chi connectivity index (χ1v) is 6.04. The molecule has 3 aliphatic rings. The molecule has 76 valence electrons. The van der Waals surface area contributed by atoms with Gasteiger partial charge >= 0.3 is 0 Å². The van der Waals surface area contributed by atoms with Gasteiger partial charge in [0.15, 0.2) is 0 Å². The van der Waals surface area contributed by atoms with Crippen LogP contribution in [0.25, 0.3) is 0 Å². The van der Waals surface area contributed by atoms with Gasteiger partial charge in [0.1, 0.15) is 0 Å². The summed E-state index contributed by atoms with van der Waals surface area (Å²) in [4.78, 5) is 2.52. The Labute approximate surface area is 85.9 Å². The minimum atomic E-state index is 0.249. The zero-order chi connectivity index (χ0) is 9.54. The van der Waals surface area contributed by atoms with Gasteiger partial charge in [-0.05, 0) is 50.5 Å². The molecular weight excluding hydrogens is 172 g/mol. The molecule has 1 aliphatic heterocycles. The number of rotatable bonds is 1. The molecule has 0 aromatic carbocycles. The van der Waals surface area contributed by atoms with Crippen LogP contribution in [-0.4, -0.2) is 23.5 Å². The van der Waals surface area contributed by atoms with Crippen molar-refractivity contribution in [1.29, 1.82) is 5.26 Å². The zero-order valence-electron chi connectivity index (χ0n) is 8.65. The normalized spacial score (nSPS) is 47.1. The van der Waals surface area contributed by atoms with Crippen molar-refractivity contribution >= 4 is 0 Å². The predicted molar refractivity (Wildman–Crippen MR) is 54.6 cm³/mol. The van der Waals surface area contributed by atoms with Gasteiger partial charge in [-0.3, -0.25) is 4.90 Å². The third-order valence-corrected chi connectivity index (χ3v) is 4.57. The molecule has 0 amide bonds. The van der Waals surface area contributed by atoms with Crippen molar-refractivity contribution in [2.45, 2.75) is 50.6 Å². The molecule has 0 aromatic rings. The monoisotopic (exact) mass is 190 g/mol. The maximum Gasteiger partial charge on any atom is 0.0980 e.